The number of anilines is 1. The van der Waals surface area contributed by atoms with E-state index in [1.54, 1.807) is 54.6 Å². The van der Waals surface area contributed by atoms with Crippen LogP contribution in [0, 0.1) is 10.1 Å². The Bertz CT molecular complexity index is 1400. The predicted octanol–water partition coefficient (Wildman–Crippen LogP) is 5.45. The van der Waals surface area contributed by atoms with Crippen molar-refractivity contribution < 1.29 is 34.1 Å². The Kier molecular flexibility index (Phi) is 9.84. The zero-order chi connectivity index (χ0) is 28.4. The van der Waals surface area contributed by atoms with Gasteiger partial charge in [-0.1, -0.05) is 49.1 Å². The molecule has 0 aliphatic rings. The van der Waals surface area contributed by atoms with Gasteiger partial charge in [-0.15, -0.1) is 10.2 Å². The SMILES string of the molecule is C=Cc1ccc(C(O)OC/C(O)=C(\N=Nc2ccc([N+](=O)[O-])cc2OC)C(=O)Nc2ccccc2OC)cc1. The van der Waals surface area contributed by atoms with Crippen molar-refractivity contribution in [2.24, 2.45) is 10.2 Å². The predicted molar refractivity (Wildman–Crippen MR) is 143 cm³/mol. The van der Waals surface area contributed by atoms with Crippen LogP contribution in [0.25, 0.3) is 6.08 Å². The lowest BCUT2D eigenvalue weighted by Crippen LogP contribution is -2.17. The molecule has 0 aromatic heterocycles. The van der Waals surface area contributed by atoms with Gasteiger partial charge in [-0.05, 0) is 23.8 Å². The number of para-hydroxylation sites is 2. The first-order chi connectivity index (χ1) is 18.8. The molecule has 12 heteroatoms. The van der Waals surface area contributed by atoms with Gasteiger partial charge in [0.2, 0.25) is 0 Å². The molecule has 0 saturated carbocycles. The van der Waals surface area contributed by atoms with Crippen LogP contribution >= 0.6 is 0 Å². The Morgan fingerprint density at radius 2 is 1.79 bits per heavy atom. The van der Waals surface area contributed by atoms with Gasteiger partial charge in [0.1, 0.15) is 18.0 Å². The molecular weight excluding hydrogens is 508 g/mol. The zero-order valence-corrected chi connectivity index (χ0v) is 21.1. The van der Waals surface area contributed by atoms with Crippen LogP contribution < -0.4 is 14.8 Å². The summed E-state index contributed by atoms with van der Waals surface area (Å²) in [6, 6.07) is 16.9. The summed E-state index contributed by atoms with van der Waals surface area (Å²) < 4.78 is 15.7. The number of nitro groups is 1. The van der Waals surface area contributed by atoms with E-state index in [1.165, 1.54) is 26.4 Å². The Hall–Kier alpha value is -5.07. The largest absolute Gasteiger partial charge is 0.507 e. The minimum Gasteiger partial charge on any atom is -0.507 e. The highest BCUT2D eigenvalue weighted by Crippen LogP contribution is 2.32. The van der Waals surface area contributed by atoms with E-state index in [0.717, 1.165) is 11.6 Å². The van der Waals surface area contributed by atoms with E-state index >= 15 is 0 Å². The second-order valence-electron chi connectivity index (χ2n) is 7.80. The van der Waals surface area contributed by atoms with Gasteiger partial charge < -0.3 is 29.7 Å². The van der Waals surface area contributed by atoms with Gasteiger partial charge >= 0.3 is 0 Å². The van der Waals surface area contributed by atoms with Crippen LogP contribution in [-0.4, -0.2) is 41.9 Å². The van der Waals surface area contributed by atoms with Crippen molar-refractivity contribution in [3.05, 3.63) is 106 Å². The molecule has 0 heterocycles. The third-order valence-electron chi connectivity index (χ3n) is 5.31. The third kappa shape index (κ3) is 7.47. The lowest BCUT2D eigenvalue weighted by atomic mass is 10.1. The monoisotopic (exact) mass is 534 g/mol. The highest BCUT2D eigenvalue weighted by Gasteiger charge is 2.20. The number of hydrogen-bond acceptors (Lipinski definition) is 10. The Morgan fingerprint density at radius 3 is 2.44 bits per heavy atom. The maximum atomic E-state index is 13.1. The van der Waals surface area contributed by atoms with E-state index in [9.17, 15) is 25.1 Å². The number of aliphatic hydroxyl groups is 2. The van der Waals surface area contributed by atoms with Crippen molar-refractivity contribution >= 4 is 29.0 Å². The van der Waals surface area contributed by atoms with E-state index in [2.05, 4.69) is 22.1 Å². The summed E-state index contributed by atoms with van der Waals surface area (Å²) in [5.74, 6) is -1.14. The zero-order valence-electron chi connectivity index (χ0n) is 21.1. The molecule has 1 unspecified atom stereocenters. The topological polar surface area (TPSA) is 165 Å². The van der Waals surface area contributed by atoms with Crippen LogP contribution in [0.4, 0.5) is 17.1 Å². The number of benzene rings is 3. The van der Waals surface area contributed by atoms with E-state index in [0.29, 0.717) is 17.0 Å². The van der Waals surface area contributed by atoms with Gasteiger partial charge in [0, 0.05) is 11.6 Å². The van der Waals surface area contributed by atoms with Gasteiger partial charge in [0.05, 0.1) is 30.9 Å². The van der Waals surface area contributed by atoms with Crippen LogP contribution in [0.5, 0.6) is 11.5 Å². The maximum absolute atomic E-state index is 13.1. The molecular formula is C27H26N4O8. The van der Waals surface area contributed by atoms with Gasteiger partial charge in [0.15, 0.2) is 23.5 Å². The molecule has 3 N–H and O–H groups in total. The first-order valence-corrected chi connectivity index (χ1v) is 11.4. The second-order valence-corrected chi connectivity index (χ2v) is 7.80. The number of aliphatic hydroxyl groups excluding tert-OH is 2. The van der Waals surface area contributed by atoms with Gasteiger partial charge in [-0.25, -0.2) is 0 Å². The number of azo groups is 1. The summed E-state index contributed by atoms with van der Waals surface area (Å²) in [6.07, 6.45) is 0.222. The molecule has 0 spiro atoms. The highest BCUT2D eigenvalue weighted by molar-refractivity contribution is 6.04. The molecule has 0 aliphatic heterocycles. The fourth-order valence-electron chi connectivity index (χ4n) is 3.25. The van der Waals surface area contributed by atoms with Crippen LogP contribution in [0.3, 0.4) is 0 Å². The number of carbonyl (C=O) groups excluding carboxylic acids is 1. The fourth-order valence-corrected chi connectivity index (χ4v) is 3.25. The van der Waals surface area contributed by atoms with E-state index < -0.39 is 35.2 Å². The molecule has 12 nitrogen and oxygen atoms in total. The number of hydrogen-bond donors (Lipinski definition) is 3. The van der Waals surface area contributed by atoms with Crippen molar-refractivity contribution in [1.82, 2.24) is 0 Å². The molecule has 1 amide bonds. The number of nitrogens with zero attached hydrogens (tertiary/aromatic N) is 3. The number of nitro benzene ring substituents is 1. The molecule has 0 saturated heterocycles. The lowest BCUT2D eigenvalue weighted by molar-refractivity contribution is -0.384. The average Bonchev–Trinajstić information content (AvgIpc) is 2.96. The van der Waals surface area contributed by atoms with Crippen molar-refractivity contribution in [1.29, 1.82) is 0 Å². The lowest BCUT2D eigenvalue weighted by Gasteiger charge is -2.14. The van der Waals surface area contributed by atoms with E-state index in [-0.39, 0.29) is 17.1 Å². The summed E-state index contributed by atoms with van der Waals surface area (Å²) in [7, 11) is 2.72. The van der Waals surface area contributed by atoms with Crippen LogP contribution in [-0.2, 0) is 9.53 Å². The quantitative estimate of drug-likeness (QED) is 0.0688. The van der Waals surface area contributed by atoms with E-state index in [4.69, 9.17) is 14.2 Å². The normalized spacial score (nSPS) is 12.4. The molecule has 0 aliphatic carbocycles. The number of methoxy groups -OCH3 is 2. The molecule has 3 aromatic carbocycles. The first-order valence-electron chi connectivity index (χ1n) is 11.4. The third-order valence-corrected chi connectivity index (χ3v) is 5.31. The number of amides is 1. The summed E-state index contributed by atoms with van der Waals surface area (Å²) in [5.41, 5.74) is 0.817. The van der Waals surface area contributed by atoms with Crippen molar-refractivity contribution in [3.8, 4) is 11.5 Å². The summed E-state index contributed by atoms with van der Waals surface area (Å²) >= 11 is 0. The average molecular weight is 535 g/mol. The van der Waals surface area contributed by atoms with Crippen molar-refractivity contribution in [2.45, 2.75) is 6.29 Å². The van der Waals surface area contributed by atoms with Crippen molar-refractivity contribution in [2.75, 3.05) is 26.1 Å². The first kappa shape index (κ1) is 28.5. The second kappa shape index (κ2) is 13.5. The van der Waals surface area contributed by atoms with Crippen LogP contribution in [0.2, 0.25) is 0 Å². The van der Waals surface area contributed by atoms with Gasteiger partial charge in [0.25, 0.3) is 11.6 Å². The van der Waals surface area contributed by atoms with Crippen LogP contribution in [0.15, 0.2) is 95.0 Å². The molecule has 202 valence electrons. The molecule has 3 aromatic rings. The minimum atomic E-state index is -1.42. The molecule has 39 heavy (non-hydrogen) atoms. The molecule has 0 bridgehead atoms. The number of ether oxygens (including phenoxy) is 3. The number of rotatable bonds is 12. The number of carbonyl (C=O) groups is 1. The van der Waals surface area contributed by atoms with Crippen molar-refractivity contribution in [3.63, 3.8) is 0 Å². The standard InChI is InChI=1S/C27H26N4O8/c1-4-17-9-11-18(12-10-17)27(34)39-16-22(32)25(26(33)28-20-7-5-6-8-23(20)37-2)30-29-21-14-13-19(31(35)36)15-24(21)38-3/h4-15,27,32,34H,1,16H2,2-3H3,(H,28,33)/b25-22+,30-29?. The molecule has 0 radical (unpaired) electrons. The number of non-ortho nitro benzene ring substituents is 1. The Morgan fingerprint density at radius 1 is 1.10 bits per heavy atom. The summed E-state index contributed by atoms with van der Waals surface area (Å²) in [4.78, 5) is 23.6. The van der Waals surface area contributed by atoms with Crippen LogP contribution in [0.1, 0.15) is 17.4 Å². The fraction of sp³-hybridized carbons (Fsp3) is 0.148. The van der Waals surface area contributed by atoms with Gasteiger partial charge in [-0.2, -0.15) is 0 Å². The van der Waals surface area contributed by atoms with Gasteiger partial charge in [-0.3, -0.25) is 14.9 Å². The highest BCUT2D eigenvalue weighted by atomic mass is 16.6. The smallest absolute Gasteiger partial charge is 0.279 e. The summed E-state index contributed by atoms with van der Waals surface area (Å²) in [5, 5.41) is 42.6. The minimum absolute atomic E-state index is 0.0200. The Labute approximate surface area is 223 Å². The maximum Gasteiger partial charge on any atom is 0.279 e. The summed E-state index contributed by atoms with van der Waals surface area (Å²) in [6.45, 7) is 3.07. The Balaban J connectivity index is 1.91. The molecule has 1 atom stereocenters. The van der Waals surface area contributed by atoms with E-state index in [1.807, 2.05) is 0 Å². The molecule has 3 rings (SSSR count). The molecule has 0 fully saturated rings. The number of nitrogens with one attached hydrogen (secondary N) is 1.